The van der Waals surface area contributed by atoms with Crippen molar-refractivity contribution in [1.29, 1.82) is 0 Å². The minimum absolute atomic E-state index is 0.0139. The van der Waals surface area contributed by atoms with Gasteiger partial charge in [0, 0.05) is 63.6 Å². The molecule has 33 heavy (non-hydrogen) atoms. The molecule has 0 spiro atoms. The average molecular weight is 453 g/mol. The Morgan fingerprint density at radius 2 is 2.18 bits per heavy atom. The maximum atomic E-state index is 12.7. The van der Waals surface area contributed by atoms with E-state index in [0.717, 1.165) is 42.1 Å². The second-order valence-electron chi connectivity index (χ2n) is 8.68. The summed E-state index contributed by atoms with van der Waals surface area (Å²) in [7, 11) is 1.66. The third-order valence-corrected chi connectivity index (χ3v) is 6.28. The highest BCUT2D eigenvalue weighted by atomic mass is 16.5. The number of carbonyl (C=O) groups is 2. The predicted molar refractivity (Wildman–Crippen MR) is 124 cm³/mol. The molecule has 2 amide bonds. The van der Waals surface area contributed by atoms with Gasteiger partial charge in [-0.2, -0.15) is 0 Å². The summed E-state index contributed by atoms with van der Waals surface area (Å²) in [6, 6.07) is 9.69. The third kappa shape index (κ3) is 5.82. The summed E-state index contributed by atoms with van der Waals surface area (Å²) >= 11 is 0. The molecule has 1 aromatic heterocycles. The monoisotopic (exact) mass is 452 g/mol. The number of hydrogen-bond acceptors (Lipinski definition) is 6. The molecule has 2 aliphatic rings. The highest BCUT2D eigenvalue weighted by Crippen LogP contribution is 2.29. The molecule has 176 valence electrons. The van der Waals surface area contributed by atoms with Crippen molar-refractivity contribution < 1.29 is 19.1 Å². The average Bonchev–Trinajstić information content (AvgIpc) is 3.09. The Bertz CT molecular complexity index is 968. The number of ether oxygens (including phenoxy) is 2. The summed E-state index contributed by atoms with van der Waals surface area (Å²) in [4.78, 5) is 33.3. The van der Waals surface area contributed by atoms with Gasteiger partial charge in [0.1, 0.15) is 17.6 Å². The van der Waals surface area contributed by atoms with Gasteiger partial charge in [0.2, 0.25) is 11.8 Å². The first-order chi connectivity index (χ1) is 16.1. The number of methoxy groups -OCH3 is 1. The first-order valence-corrected chi connectivity index (χ1v) is 11.6. The van der Waals surface area contributed by atoms with E-state index in [-0.39, 0.29) is 30.3 Å². The molecule has 2 aliphatic heterocycles. The van der Waals surface area contributed by atoms with Crippen molar-refractivity contribution in [3.63, 3.8) is 0 Å². The number of aromatic nitrogens is 1. The largest absolute Gasteiger partial charge is 0.497 e. The van der Waals surface area contributed by atoms with Gasteiger partial charge in [-0.05, 0) is 36.2 Å². The number of amides is 2. The van der Waals surface area contributed by atoms with Gasteiger partial charge in [-0.15, -0.1) is 0 Å². The maximum Gasteiger partial charge on any atom is 0.225 e. The van der Waals surface area contributed by atoms with Crippen LogP contribution in [0.5, 0.6) is 11.5 Å². The summed E-state index contributed by atoms with van der Waals surface area (Å²) in [6.07, 6.45) is 4.73. The molecule has 1 aromatic carbocycles. The molecule has 1 fully saturated rings. The Morgan fingerprint density at radius 1 is 1.30 bits per heavy atom. The van der Waals surface area contributed by atoms with E-state index in [1.54, 1.807) is 24.4 Å². The fourth-order valence-corrected chi connectivity index (χ4v) is 4.41. The van der Waals surface area contributed by atoms with E-state index in [9.17, 15) is 9.59 Å². The van der Waals surface area contributed by atoms with Crippen LogP contribution in [0.2, 0.25) is 0 Å². The van der Waals surface area contributed by atoms with Crippen molar-refractivity contribution in [2.75, 3.05) is 33.3 Å². The Hall–Kier alpha value is -3.13. The van der Waals surface area contributed by atoms with Crippen LogP contribution in [0.1, 0.15) is 30.9 Å². The summed E-state index contributed by atoms with van der Waals surface area (Å²) in [5.41, 5.74) is 2.06. The predicted octanol–water partition coefficient (Wildman–Crippen LogP) is 2.23. The second kappa shape index (κ2) is 10.7. The lowest BCUT2D eigenvalue weighted by atomic mass is 10.1. The summed E-state index contributed by atoms with van der Waals surface area (Å²) in [6.45, 7) is 5.83. The molecule has 4 rings (SSSR count). The van der Waals surface area contributed by atoms with Crippen molar-refractivity contribution in [3.05, 3.63) is 53.9 Å². The van der Waals surface area contributed by atoms with Gasteiger partial charge in [-0.3, -0.25) is 19.5 Å². The van der Waals surface area contributed by atoms with Crippen molar-refractivity contribution >= 4 is 11.8 Å². The molecule has 1 N–H and O–H groups in total. The number of nitrogens with zero attached hydrogens (tertiary/aromatic N) is 3. The number of fused-ring (bicyclic) bond motifs is 1. The minimum Gasteiger partial charge on any atom is -0.497 e. The van der Waals surface area contributed by atoms with Crippen molar-refractivity contribution in [1.82, 2.24) is 20.1 Å². The van der Waals surface area contributed by atoms with Crippen LogP contribution in [0.15, 0.2) is 42.7 Å². The Morgan fingerprint density at radius 3 is 2.94 bits per heavy atom. The van der Waals surface area contributed by atoms with E-state index in [1.807, 2.05) is 30.3 Å². The molecule has 2 aromatic rings. The zero-order valence-corrected chi connectivity index (χ0v) is 19.3. The van der Waals surface area contributed by atoms with E-state index in [0.29, 0.717) is 26.2 Å². The topological polar surface area (TPSA) is 84.0 Å². The molecule has 0 radical (unpaired) electrons. The zero-order chi connectivity index (χ0) is 23.2. The lowest BCUT2D eigenvalue weighted by Crippen LogP contribution is -2.40. The van der Waals surface area contributed by atoms with Crippen LogP contribution in [0, 0.1) is 5.92 Å². The van der Waals surface area contributed by atoms with Crippen LogP contribution >= 0.6 is 0 Å². The van der Waals surface area contributed by atoms with E-state index < -0.39 is 0 Å². The highest BCUT2D eigenvalue weighted by Gasteiger charge is 2.34. The molecule has 8 heteroatoms. The van der Waals surface area contributed by atoms with Gasteiger partial charge < -0.3 is 19.7 Å². The lowest BCUT2D eigenvalue weighted by molar-refractivity contribution is -0.129. The Kier molecular flexibility index (Phi) is 7.44. The molecule has 2 atom stereocenters. The van der Waals surface area contributed by atoms with Crippen LogP contribution in [0.4, 0.5) is 0 Å². The van der Waals surface area contributed by atoms with Crippen LogP contribution < -0.4 is 14.8 Å². The van der Waals surface area contributed by atoms with Gasteiger partial charge in [-0.1, -0.05) is 13.0 Å². The van der Waals surface area contributed by atoms with Crippen LogP contribution in [0.25, 0.3) is 0 Å². The number of hydrogen-bond donors (Lipinski definition) is 1. The summed E-state index contributed by atoms with van der Waals surface area (Å²) in [5.74, 6) is 1.35. The number of pyridine rings is 1. The standard InChI is InChI=1S/C25H32N4O4/c1-3-21-17-28(15-19-11-22(32-2)6-7-23(19)33-21)10-9-27-25(31)20-12-24(30)29(16-20)14-18-5-4-8-26-13-18/h4-8,11,13,20-21H,3,9-10,12,14-17H2,1-2H3,(H,27,31)/t20-,21-/m1/s1. The fourth-order valence-electron chi connectivity index (χ4n) is 4.41. The van der Waals surface area contributed by atoms with Gasteiger partial charge >= 0.3 is 0 Å². The Balaban J connectivity index is 1.29. The van der Waals surface area contributed by atoms with Crippen molar-refractivity contribution in [2.45, 2.75) is 39.0 Å². The maximum absolute atomic E-state index is 12.7. The van der Waals surface area contributed by atoms with E-state index >= 15 is 0 Å². The van der Waals surface area contributed by atoms with Gasteiger partial charge in [0.25, 0.3) is 0 Å². The molecule has 1 saturated heterocycles. The van der Waals surface area contributed by atoms with E-state index in [1.165, 1.54) is 0 Å². The lowest BCUT2D eigenvalue weighted by Gasteiger charge is -2.23. The molecule has 0 saturated carbocycles. The van der Waals surface area contributed by atoms with Gasteiger partial charge in [0.05, 0.1) is 13.0 Å². The van der Waals surface area contributed by atoms with Gasteiger partial charge in [0.15, 0.2) is 0 Å². The van der Waals surface area contributed by atoms with Crippen LogP contribution in [0.3, 0.4) is 0 Å². The first kappa shape index (κ1) is 23.0. The molecule has 0 unspecified atom stereocenters. The summed E-state index contributed by atoms with van der Waals surface area (Å²) in [5, 5.41) is 3.04. The van der Waals surface area contributed by atoms with Gasteiger partial charge in [-0.25, -0.2) is 0 Å². The highest BCUT2D eigenvalue weighted by molar-refractivity contribution is 5.89. The molecule has 0 aliphatic carbocycles. The molecular weight excluding hydrogens is 420 g/mol. The molecule has 8 nitrogen and oxygen atoms in total. The van der Waals surface area contributed by atoms with Crippen molar-refractivity contribution in [2.24, 2.45) is 5.92 Å². The number of benzene rings is 1. The second-order valence-corrected chi connectivity index (χ2v) is 8.68. The summed E-state index contributed by atoms with van der Waals surface area (Å²) < 4.78 is 11.6. The molecule has 3 heterocycles. The van der Waals surface area contributed by atoms with Crippen molar-refractivity contribution in [3.8, 4) is 11.5 Å². The third-order valence-electron chi connectivity index (χ3n) is 6.28. The fraction of sp³-hybridized carbons (Fsp3) is 0.480. The SMILES string of the molecule is CC[C@@H]1CN(CCNC(=O)[C@@H]2CC(=O)N(Cc3cccnc3)C2)Cc2cc(OC)ccc2O1. The smallest absolute Gasteiger partial charge is 0.225 e. The quantitative estimate of drug-likeness (QED) is 0.661. The number of nitrogens with one attached hydrogen (secondary N) is 1. The number of likely N-dealkylation sites (tertiary alicyclic amines) is 1. The van der Waals surface area contributed by atoms with E-state index in [4.69, 9.17) is 9.47 Å². The van der Waals surface area contributed by atoms with Crippen LogP contribution in [-0.4, -0.2) is 66.0 Å². The first-order valence-electron chi connectivity index (χ1n) is 11.6. The number of rotatable bonds is 8. The minimum atomic E-state index is -0.310. The molecule has 0 bridgehead atoms. The molecular formula is C25H32N4O4. The number of carbonyl (C=O) groups excluding carboxylic acids is 2. The van der Waals surface area contributed by atoms with E-state index in [2.05, 4.69) is 22.1 Å². The normalized spacial score (nSPS) is 20.7. The Labute approximate surface area is 194 Å². The zero-order valence-electron chi connectivity index (χ0n) is 19.3. The van der Waals surface area contributed by atoms with Crippen LogP contribution in [-0.2, 0) is 22.7 Å².